The highest BCUT2D eigenvalue weighted by molar-refractivity contribution is 7.20. The van der Waals surface area contributed by atoms with E-state index in [9.17, 15) is 25.2 Å². The molecule has 0 unspecified atom stereocenters. The number of aromatic amines is 1. The Morgan fingerprint density at radius 2 is 2.00 bits per heavy atom. The van der Waals surface area contributed by atoms with Crippen molar-refractivity contribution in [1.29, 1.82) is 0 Å². The molecular formula is C18H21N5O6S2. The third kappa shape index (κ3) is 4.39. The van der Waals surface area contributed by atoms with Gasteiger partial charge in [0.25, 0.3) is 0 Å². The molecule has 166 valence electrons. The molecule has 0 aromatic carbocycles. The summed E-state index contributed by atoms with van der Waals surface area (Å²) in [4.78, 5) is 22.5. The van der Waals surface area contributed by atoms with Gasteiger partial charge in [-0.3, -0.25) is 9.89 Å². The first-order valence-electron chi connectivity index (χ1n) is 9.41. The van der Waals surface area contributed by atoms with Crippen LogP contribution in [0.25, 0.3) is 10.7 Å². The van der Waals surface area contributed by atoms with Gasteiger partial charge in [-0.05, 0) is 13.0 Å². The van der Waals surface area contributed by atoms with Crippen molar-refractivity contribution >= 4 is 33.6 Å². The van der Waals surface area contributed by atoms with E-state index in [-0.39, 0.29) is 12.3 Å². The number of hydrogen-bond donors (Lipinski definition) is 6. The molecule has 0 spiro atoms. The normalized spacial score (nSPS) is 26.2. The number of anilines is 1. The number of thiazole rings is 2. The van der Waals surface area contributed by atoms with Crippen molar-refractivity contribution in [2.45, 2.75) is 37.4 Å². The number of hydrogen-bond acceptors (Lipinski definition) is 12. The number of rotatable bonds is 7. The molecule has 0 saturated carbocycles. The van der Waals surface area contributed by atoms with Crippen LogP contribution in [0.3, 0.4) is 0 Å². The first-order valence-corrected chi connectivity index (χ1v) is 11.0. The lowest BCUT2D eigenvalue weighted by molar-refractivity contribution is -0.225. The predicted molar refractivity (Wildman–Crippen MR) is 112 cm³/mol. The number of nitrogens with one attached hydrogen (secondary N) is 2. The highest BCUT2D eigenvalue weighted by Crippen LogP contribution is 2.30. The van der Waals surface area contributed by atoms with Crippen molar-refractivity contribution in [1.82, 2.24) is 20.2 Å². The minimum absolute atomic E-state index is 0.0617. The van der Waals surface area contributed by atoms with Crippen molar-refractivity contribution in [3.8, 4) is 10.7 Å². The van der Waals surface area contributed by atoms with E-state index >= 15 is 0 Å². The van der Waals surface area contributed by atoms with Crippen LogP contribution in [-0.2, 0) is 4.74 Å². The molecule has 31 heavy (non-hydrogen) atoms. The summed E-state index contributed by atoms with van der Waals surface area (Å²) in [6.07, 6.45) is -2.97. The molecule has 11 nitrogen and oxygen atoms in total. The van der Waals surface area contributed by atoms with Gasteiger partial charge in [-0.2, -0.15) is 5.10 Å². The number of carbonyl (C=O) groups excluding carboxylic acids is 1. The summed E-state index contributed by atoms with van der Waals surface area (Å²) in [7, 11) is 0. The molecule has 4 heterocycles. The number of aromatic nitrogens is 4. The second-order valence-corrected chi connectivity index (χ2v) is 9.04. The number of ether oxygens (including phenoxy) is 1. The van der Waals surface area contributed by atoms with Crippen molar-refractivity contribution in [2.75, 3.05) is 18.5 Å². The Hall–Kier alpha value is -2.26. The Labute approximate surface area is 184 Å². The van der Waals surface area contributed by atoms with E-state index in [0.717, 1.165) is 17.0 Å². The van der Waals surface area contributed by atoms with Crippen LogP contribution in [0.15, 0.2) is 18.5 Å². The zero-order valence-electron chi connectivity index (χ0n) is 16.3. The van der Waals surface area contributed by atoms with Gasteiger partial charge in [0.05, 0.1) is 33.9 Å². The van der Waals surface area contributed by atoms with Gasteiger partial charge in [0.15, 0.2) is 5.13 Å². The summed E-state index contributed by atoms with van der Waals surface area (Å²) in [5.74, 6) is -0.195. The van der Waals surface area contributed by atoms with Gasteiger partial charge in [0.1, 0.15) is 35.5 Å². The molecule has 0 aliphatic carbocycles. The summed E-state index contributed by atoms with van der Waals surface area (Å²) in [5.41, 5.74) is 1.35. The van der Waals surface area contributed by atoms with Crippen molar-refractivity contribution in [3.63, 3.8) is 0 Å². The van der Waals surface area contributed by atoms with E-state index < -0.39 is 37.1 Å². The molecule has 5 atom stereocenters. The van der Waals surface area contributed by atoms with Crippen LogP contribution >= 0.6 is 22.7 Å². The number of nitrogens with zero attached hydrogens (tertiary/aromatic N) is 3. The van der Waals surface area contributed by atoms with Gasteiger partial charge in [0.2, 0.25) is 5.78 Å². The number of aryl methyl sites for hydroxylation is 1. The van der Waals surface area contributed by atoms with E-state index in [0.29, 0.717) is 25.6 Å². The maximum absolute atomic E-state index is 12.9. The molecule has 1 aliphatic heterocycles. The predicted octanol–water partition coefficient (Wildman–Crippen LogP) is -0.217. The average Bonchev–Trinajstić information content (AvgIpc) is 3.52. The van der Waals surface area contributed by atoms with E-state index in [1.165, 1.54) is 17.5 Å². The number of ketones is 1. The molecule has 4 rings (SSSR count). The summed E-state index contributed by atoms with van der Waals surface area (Å²) < 4.78 is 5.45. The highest BCUT2D eigenvalue weighted by Gasteiger charge is 2.43. The number of carbonyl (C=O) groups is 1. The molecular weight excluding hydrogens is 446 g/mol. The SMILES string of the molecule is Cc1nc(-c2ccn[nH]2)sc1C(=O)c1cnc(NC[C@H]2O[C@H](CO)[C@@H](O)[C@H](O)[C@@H]2O)s1. The van der Waals surface area contributed by atoms with Crippen LogP contribution < -0.4 is 5.32 Å². The second-order valence-electron chi connectivity index (χ2n) is 7.01. The Kier molecular flexibility index (Phi) is 6.43. The monoisotopic (exact) mass is 467 g/mol. The van der Waals surface area contributed by atoms with Gasteiger partial charge >= 0.3 is 0 Å². The Morgan fingerprint density at radius 3 is 2.71 bits per heavy atom. The lowest BCUT2D eigenvalue weighted by Gasteiger charge is -2.40. The highest BCUT2D eigenvalue weighted by atomic mass is 32.1. The maximum Gasteiger partial charge on any atom is 0.216 e. The van der Waals surface area contributed by atoms with E-state index in [2.05, 4.69) is 25.5 Å². The Balaban J connectivity index is 1.42. The van der Waals surface area contributed by atoms with Crippen LogP contribution in [-0.4, -0.2) is 90.0 Å². The Bertz CT molecular complexity index is 1040. The first kappa shape index (κ1) is 22.0. The first-order chi connectivity index (χ1) is 14.9. The van der Waals surface area contributed by atoms with Crippen molar-refractivity contribution < 1.29 is 30.0 Å². The molecule has 13 heteroatoms. The van der Waals surface area contributed by atoms with Crippen molar-refractivity contribution in [3.05, 3.63) is 33.9 Å². The Morgan fingerprint density at radius 1 is 1.23 bits per heavy atom. The summed E-state index contributed by atoms with van der Waals surface area (Å²) >= 11 is 2.40. The second kappa shape index (κ2) is 9.08. The van der Waals surface area contributed by atoms with Gasteiger partial charge in [0, 0.05) is 12.7 Å². The number of aliphatic hydroxyl groups is 4. The topological polar surface area (TPSA) is 174 Å². The maximum atomic E-state index is 12.9. The molecule has 0 radical (unpaired) electrons. The van der Waals surface area contributed by atoms with Crippen LogP contribution in [0.2, 0.25) is 0 Å². The van der Waals surface area contributed by atoms with Crippen LogP contribution in [0.4, 0.5) is 5.13 Å². The smallest absolute Gasteiger partial charge is 0.216 e. The molecule has 3 aromatic rings. The zero-order valence-corrected chi connectivity index (χ0v) is 17.9. The standard InChI is InChI=1S/C18H21N5O6S2/c1-7-16(31-17(22-7)8-2-3-21-23-8)14(27)11-5-20-18(30-11)19-4-9-12(25)15(28)13(26)10(6-24)29-9/h2-3,5,9-10,12-13,15,24-26,28H,4,6H2,1H3,(H,19,20)(H,21,23)/t9-,10-,12-,13-,15-/m1/s1. The molecule has 0 amide bonds. The lowest BCUT2D eigenvalue weighted by atomic mass is 9.95. The number of H-pyrrole nitrogens is 1. The minimum Gasteiger partial charge on any atom is -0.394 e. The fourth-order valence-corrected chi connectivity index (χ4v) is 5.03. The molecule has 3 aromatic heterocycles. The van der Waals surface area contributed by atoms with Gasteiger partial charge in [-0.15, -0.1) is 11.3 Å². The summed E-state index contributed by atoms with van der Waals surface area (Å²) in [6, 6.07) is 1.78. The average molecular weight is 468 g/mol. The quantitative estimate of drug-likeness (QED) is 0.255. The fraction of sp³-hybridized carbons (Fsp3) is 0.444. The third-order valence-electron chi connectivity index (χ3n) is 4.91. The fourth-order valence-electron chi connectivity index (χ4n) is 3.21. The van der Waals surface area contributed by atoms with Gasteiger partial charge in [-0.1, -0.05) is 11.3 Å². The van der Waals surface area contributed by atoms with Crippen molar-refractivity contribution in [2.24, 2.45) is 0 Å². The minimum atomic E-state index is -1.44. The van der Waals surface area contributed by atoms with E-state index in [4.69, 9.17) is 4.74 Å². The largest absolute Gasteiger partial charge is 0.394 e. The summed E-state index contributed by atoms with van der Waals surface area (Å²) in [5, 5.41) is 49.9. The zero-order chi connectivity index (χ0) is 22.1. The van der Waals surface area contributed by atoms with Gasteiger partial charge < -0.3 is 30.5 Å². The lowest BCUT2D eigenvalue weighted by Crippen LogP contribution is -2.60. The molecule has 1 fully saturated rings. The third-order valence-corrected chi connectivity index (χ3v) is 7.05. The van der Waals surface area contributed by atoms with E-state index in [1.54, 1.807) is 19.2 Å². The van der Waals surface area contributed by atoms with Crippen LogP contribution in [0.1, 0.15) is 20.2 Å². The van der Waals surface area contributed by atoms with Crippen LogP contribution in [0.5, 0.6) is 0 Å². The van der Waals surface area contributed by atoms with E-state index in [1.807, 2.05) is 0 Å². The van der Waals surface area contributed by atoms with Crippen LogP contribution in [0, 0.1) is 6.92 Å². The molecule has 1 aliphatic rings. The summed E-state index contributed by atoms with van der Waals surface area (Å²) in [6.45, 7) is 1.33. The number of aliphatic hydroxyl groups excluding tert-OH is 4. The van der Waals surface area contributed by atoms with Gasteiger partial charge in [-0.25, -0.2) is 9.97 Å². The molecule has 6 N–H and O–H groups in total. The molecule has 0 bridgehead atoms. The molecule has 1 saturated heterocycles.